The summed E-state index contributed by atoms with van der Waals surface area (Å²) in [4.78, 5) is 9.74. The van der Waals surface area contributed by atoms with Crippen LogP contribution in [0, 0.1) is 0 Å². The molecule has 0 rings (SSSR count). The first-order chi connectivity index (χ1) is 2.27. The van der Waals surface area contributed by atoms with Gasteiger partial charge in [0.25, 0.3) is 0 Å². The molecule has 0 saturated heterocycles. The Kier molecular flexibility index (Phi) is 23.2. The first-order valence-corrected chi connectivity index (χ1v) is 2.86. The normalized spacial score (nSPS) is 4.71. The van der Waals surface area contributed by atoms with Crippen molar-refractivity contribution in [1.29, 1.82) is 0 Å². The summed E-state index contributed by atoms with van der Waals surface area (Å²) in [6.07, 6.45) is 1.33. The van der Waals surface area contributed by atoms with Gasteiger partial charge < -0.3 is 0 Å². The van der Waals surface area contributed by atoms with Gasteiger partial charge in [-0.3, -0.25) is 0 Å². The summed E-state index contributed by atoms with van der Waals surface area (Å²) in [5, 5.41) is 0. The number of hydrogen-bond acceptors (Lipinski definition) is 1. The number of rotatable bonds is 1. The zero-order valence-corrected chi connectivity index (χ0v) is 9.10. The van der Waals surface area contributed by atoms with Crippen LogP contribution < -0.4 is 0 Å². The van der Waals surface area contributed by atoms with Crippen LogP contribution in [0.5, 0.6) is 0 Å². The van der Waals surface area contributed by atoms with Crippen LogP contribution in [0.1, 0.15) is 0 Å². The molecule has 0 aromatic carbocycles. The summed E-state index contributed by atoms with van der Waals surface area (Å²) in [5.41, 5.74) is 0. The largest absolute Gasteiger partial charge is 0 e. The van der Waals surface area contributed by atoms with Gasteiger partial charge in [0.1, 0.15) is 0 Å². The second-order valence-electron chi connectivity index (χ2n) is 0.542. The molecule has 0 aliphatic heterocycles. The molecule has 7 heavy (non-hydrogen) atoms. The molecule has 4 heteroatoms. The van der Waals surface area contributed by atoms with Gasteiger partial charge in [-0.25, -0.2) is 0 Å². The summed E-state index contributed by atoms with van der Waals surface area (Å²) < 4.78 is 0.130. The minimum absolute atomic E-state index is 0. The van der Waals surface area contributed by atoms with Gasteiger partial charge in [0.2, 0.25) is 0 Å². The number of hydrogen-bond donors (Lipinski definition) is 0. The van der Waals surface area contributed by atoms with Crippen LogP contribution in [0.4, 0.5) is 0 Å². The Morgan fingerprint density at radius 2 is 1.86 bits per heavy atom. The monoisotopic (exact) mass is 374 g/mol. The van der Waals surface area contributed by atoms with Gasteiger partial charge in [0.05, 0.1) is 0 Å². The van der Waals surface area contributed by atoms with Gasteiger partial charge in [0.15, 0.2) is 0 Å². The van der Waals surface area contributed by atoms with E-state index in [1.165, 1.54) is 6.08 Å². The molecule has 0 aromatic rings. The molecule has 0 fully saturated rings. The molecule has 2 radical (unpaired) electrons. The molecule has 0 aliphatic carbocycles. The molecule has 0 aromatic heterocycles. The van der Waals surface area contributed by atoms with E-state index in [0.29, 0.717) is 0 Å². The Labute approximate surface area is 78.8 Å². The van der Waals surface area contributed by atoms with E-state index >= 15 is 0 Å². The average Bonchev–Trinajstić information content (AvgIpc) is 1.38. The van der Waals surface area contributed by atoms with Gasteiger partial charge >= 0.3 is 45.7 Å². The van der Waals surface area contributed by atoms with Gasteiger partial charge in [-0.15, -0.1) is 0 Å². The fourth-order valence-corrected chi connectivity index (χ4v) is 0. The van der Waals surface area contributed by atoms with Crippen LogP contribution in [0.3, 0.4) is 0 Å². The standard InChI is InChI=1S/C3H3O.Bi.Cr.Ni/c1-2-3-4;;;/h2H,1H2;;;. The van der Waals surface area contributed by atoms with E-state index in [4.69, 9.17) is 0 Å². The minimum atomic E-state index is 0. The van der Waals surface area contributed by atoms with Crippen molar-refractivity contribution in [3.8, 4) is 0 Å². The summed E-state index contributed by atoms with van der Waals surface area (Å²) >= 11 is 0.783. The predicted molar refractivity (Wildman–Crippen MR) is 21.0 cm³/mol. The van der Waals surface area contributed by atoms with E-state index in [9.17, 15) is 4.79 Å². The van der Waals surface area contributed by atoms with Crippen molar-refractivity contribution in [3.63, 3.8) is 0 Å². The molecular formula is C3H3BiCrNiO. The van der Waals surface area contributed by atoms with Gasteiger partial charge in [0, 0.05) is 33.9 Å². The van der Waals surface area contributed by atoms with Crippen LogP contribution >= 0.6 is 0 Å². The Morgan fingerprint density at radius 1 is 1.71 bits per heavy atom. The van der Waals surface area contributed by atoms with Crippen LogP contribution in [0.2, 0.25) is 0 Å². The van der Waals surface area contributed by atoms with Crippen molar-refractivity contribution >= 4 is 28.2 Å². The molecule has 0 aliphatic rings. The SMILES string of the molecule is C=C[C](=O)[Bi].[Cr].[Ni]. The Bertz CT molecular complexity index is 66.0. The predicted octanol–water partition coefficient (Wildman–Crippen LogP) is -0.137. The van der Waals surface area contributed by atoms with Crippen molar-refractivity contribution in [2.45, 2.75) is 0 Å². The second-order valence-corrected chi connectivity index (χ2v) is 2.26. The molecule has 0 amide bonds. The Morgan fingerprint density at radius 3 is 1.86 bits per heavy atom. The maximum atomic E-state index is 9.74. The van der Waals surface area contributed by atoms with Gasteiger partial charge in [-0.05, 0) is 0 Å². The second kappa shape index (κ2) is 10.3. The van der Waals surface area contributed by atoms with Crippen LogP contribution in [-0.4, -0.2) is 28.2 Å². The zero-order chi connectivity index (χ0) is 4.28. The smallest absolute Gasteiger partial charge is 0 e. The molecule has 0 atom stereocenters. The molecule has 0 heterocycles. The summed E-state index contributed by atoms with van der Waals surface area (Å²) in [7, 11) is 0. The van der Waals surface area contributed by atoms with Crippen LogP contribution in [0.15, 0.2) is 12.7 Å². The summed E-state index contributed by atoms with van der Waals surface area (Å²) in [6, 6.07) is 0. The first kappa shape index (κ1) is 15.8. The van der Waals surface area contributed by atoms with Crippen LogP contribution in [0.25, 0.3) is 0 Å². The number of allylic oxidation sites excluding steroid dienone is 1. The van der Waals surface area contributed by atoms with Crippen molar-refractivity contribution in [2.24, 2.45) is 0 Å². The summed E-state index contributed by atoms with van der Waals surface area (Å²) in [6.45, 7) is 3.24. The van der Waals surface area contributed by atoms with E-state index < -0.39 is 0 Å². The van der Waals surface area contributed by atoms with Crippen LogP contribution in [-0.2, 0) is 38.6 Å². The fourth-order valence-electron chi connectivity index (χ4n) is 0. The molecular weight excluding hydrogens is 372 g/mol. The minimum Gasteiger partial charge on any atom is 0 e. The third-order valence-corrected chi connectivity index (χ3v) is 0.884. The fraction of sp³-hybridized carbons (Fsp3) is 0. The van der Waals surface area contributed by atoms with E-state index in [2.05, 4.69) is 6.58 Å². The van der Waals surface area contributed by atoms with Crippen molar-refractivity contribution in [1.82, 2.24) is 0 Å². The van der Waals surface area contributed by atoms with Crippen molar-refractivity contribution in [3.05, 3.63) is 12.7 Å². The number of carbonyl (C=O) groups excluding carboxylic acids is 1. The van der Waals surface area contributed by atoms with E-state index in [1.807, 2.05) is 0 Å². The Balaban J connectivity index is -0.0000000800. The molecule has 0 bridgehead atoms. The Hall–Kier alpha value is 1.32. The van der Waals surface area contributed by atoms with E-state index in [-0.39, 0.29) is 37.3 Å². The zero-order valence-electron chi connectivity index (χ0n) is 3.36. The molecule has 0 N–H and O–H groups in total. The van der Waals surface area contributed by atoms with Crippen molar-refractivity contribution < 1.29 is 38.6 Å². The number of carbonyl (C=O) groups is 1. The first-order valence-electron chi connectivity index (χ1n) is 1.12. The average molecular weight is 375 g/mol. The van der Waals surface area contributed by atoms with E-state index in [1.54, 1.807) is 0 Å². The maximum Gasteiger partial charge on any atom is 0 e. The molecule has 0 unspecified atom stereocenters. The van der Waals surface area contributed by atoms with Gasteiger partial charge in [-0.1, -0.05) is 0 Å². The third-order valence-electron chi connectivity index (χ3n) is 0.175. The van der Waals surface area contributed by atoms with Gasteiger partial charge in [-0.2, -0.15) is 0 Å². The van der Waals surface area contributed by atoms with Crippen molar-refractivity contribution in [2.75, 3.05) is 0 Å². The molecule has 0 spiro atoms. The van der Waals surface area contributed by atoms with E-state index in [0.717, 1.165) is 24.7 Å². The molecule has 42 valence electrons. The third kappa shape index (κ3) is 18.8. The molecule has 1 nitrogen and oxygen atoms in total. The maximum absolute atomic E-state index is 9.74. The summed E-state index contributed by atoms with van der Waals surface area (Å²) in [5.74, 6) is 0. The topological polar surface area (TPSA) is 17.1 Å². The quantitative estimate of drug-likeness (QED) is 0.461. The molecule has 0 saturated carbocycles.